The lowest BCUT2D eigenvalue weighted by Gasteiger charge is -2.15. The van der Waals surface area contributed by atoms with Gasteiger partial charge in [0.05, 0.1) is 0 Å². The third-order valence-corrected chi connectivity index (χ3v) is 2.94. The number of hydrogen-bond donors (Lipinski definition) is 4. The van der Waals surface area contributed by atoms with E-state index in [1.807, 2.05) is 0 Å². The normalized spacial score (nSPS) is 11.7. The third-order valence-electron chi connectivity index (χ3n) is 2.94. The first kappa shape index (κ1) is 16.5. The summed E-state index contributed by atoms with van der Waals surface area (Å²) in [7, 11) is 0. The Hall–Kier alpha value is -2.57. The van der Waals surface area contributed by atoms with Crippen molar-refractivity contribution >= 4 is 17.8 Å². The zero-order chi connectivity index (χ0) is 16.0. The molecule has 0 unspecified atom stereocenters. The van der Waals surface area contributed by atoms with E-state index in [1.165, 1.54) is 18.2 Å². The molecule has 0 saturated heterocycles. The largest absolute Gasteiger partial charge is 0.508 e. The maximum Gasteiger partial charge on any atom is 0.326 e. The summed E-state index contributed by atoms with van der Waals surface area (Å²) in [6.45, 7) is 1.62. The maximum atomic E-state index is 12.0. The van der Waals surface area contributed by atoms with E-state index in [1.54, 1.807) is 6.92 Å². The molecule has 4 N–H and O–H groups in total. The molecule has 1 aromatic carbocycles. The second kappa shape index (κ2) is 7.28. The minimum absolute atomic E-state index is 0.0142. The van der Waals surface area contributed by atoms with Crippen LogP contribution in [0.2, 0.25) is 0 Å². The van der Waals surface area contributed by atoms with E-state index in [2.05, 4.69) is 5.32 Å². The Morgan fingerprint density at radius 3 is 2.43 bits per heavy atom. The Kier molecular flexibility index (Phi) is 5.71. The number of carbonyl (C=O) groups excluding carboxylic acids is 1. The van der Waals surface area contributed by atoms with E-state index < -0.39 is 23.9 Å². The van der Waals surface area contributed by atoms with Crippen LogP contribution in [0.1, 0.15) is 35.2 Å². The lowest BCUT2D eigenvalue weighted by molar-refractivity contribution is -0.140. The van der Waals surface area contributed by atoms with Gasteiger partial charge in [-0.3, -0.25) is 9.59 Å². The van der Waals surface area contributed by atoms with Crippen LogP contribution in [0.5, 0.6) is 5.75 Å². The number of carboxylic acids is 2. The van der Waals surface area contributed by atoms with Crippen molar-refractivity contribution < 1.29 is 29.7 Å². The van der Waals surface area contributed by atoms with Gasteiger partial charge in [0, 0.05) is 12.0 Å². The first-order chi connectivity index (χ1) is 9.81. The van der Waals surface area contributed by atoms with Crippen LogP contribution in [0.15, 0.2) is 18.2 Å². The molecular formula is C14H17NO6. The summed E-state index contributed by atoms with van der Waals surface area (Å²) < 4.78 is 0. The molecule has 0 aliphatic heterocycles. The lowest BCUT2D eigenvalue weighted by atomic mass is 10.1. The van der Waals surface area contributed by atoms with E-state index in [0.29, 0.717) is 5.56 Å². The molecule has 1 aromatic rings. The second-order valence-corrected chi connectivity index (χ2v) is 4.65. The molecule has 0 aromatic heterocycles. The van der Waals surface area contributed by atoms with Crippen LogP contribution in [0.4, 0.5) is 0 Å². The fourth-order valence-corrected chi connectivity index (χ4v) is 1.85. The Balaban J connectivity index is 2.72. The summed E-state index contributed by atoms with van der Waals surface area (Å²) >= 11 is 0. The SMILES string of the molecule is Cc1cc(O)ccc1C(=O)N[C@H](CCCC(=O)O)C(=O)O. The highest BCUT2D eigenvalue weighted by molar-refractivity contribution is 5.97. The van der Waals surface area contributed by atoms with Gasteiger partial charge in [0.2, 0.25) is 0 Å². The molecule has 7 heteroatoms. The summed E-state index contributed by atoms with van der Waals surface area (Å²) in [5, 5.41) is 29.2. The summed E-state index contributed by atoms with van der Waals surface area (Å²) in [5.41, 5.74) is 0.777. The average Bonchev–Trinajstić information content (AvgIpc) is 2.36. The number of rotatable bonds is 7. The Morgan fingerprint density at radius 1 is 1.24 bits per heavy atom. The number of phenolic OH excluding ortho intramolecular Hbond substituents is 1. The number of aromatic hydroxyl groups is 1. The van der Waals surface area contributed by atoms with Crippen LogP contribution in [0.25, 0.3) is 0 Å². The number of phenols is 1. The van der Waals surface area contributed by atoms with Crippen LogP contribution in [0, 0.1) is 6.92 Å². The number of hydrogen-bond acceptors (Lipinski definition) is 4. The molecule has 1 amide bonds. The smallest absolute Gasteiger partial charge is 0.326 e. The maximum absolute atomic E-state index is 12.0. The van der Waals surface area contributed by atoms with Crippen molar-refractivity contribution in [1.29, 1.82) is 0 Å². The highest BCUT2D eigenvalue weighted by atomic mass is 16.4. The quantitative estimate of drug-likeness (QED) is 0.598. The predicted octanol–water partition coefficient (Wildman–Crippen LogP) is 1.14. The molecule has 0 bridgehead atoms. The molecule has 0 heterocycles. The average molecular weight is 295 g/mol. The van der Waals surface area contributed by atoms with Gasteiger partial charge in [0.1, 0.15) is 11.8 Å². The van der Waals surface area contributed by atoms with Crippen molar-refractivity contribution in [2.24, 2.45) is 0 Å². The molecule has 0 radical (unpaired) electrons. The first-order valence-corrected chi connectivity index (χ1v) is 6.36. The Bertz CT molecular complexity index is 554. The zero-order valence-electron chi connectivity index (χ0n) is 11.5. The van der Waals surface area contributed by atoms with Crippen molar-refractivity contribution in [3.63, 3.8) is 0 Å². The fourth-order valence-electron chi connectivity index (χ4n) is 1.85. The van der Waals surface area contributed by atoms with Crippen molar-refractivity contribution in [3.05, 3.63) is 29.3 Å². The van der Waals surface area contributed by atoms with Crippen molar-refractivity contribution in [2.45, 2.75) is 32.2 Å². The summed E-state index contributed by atoms with van der Waals surface area (Å²) in [4.78, 5) is 33.5. The van der Waals surface area contributed by atoms with Gasteiger partial charge in [0.15, 0.2) is 0 Å². The van der Waals surface area contributed by atoms with Crippen LogP contribution in [-0.2, 0) is 9.59 Å². The van der Waals surface area contributed by atoms with Crippen LogP contribution >= 0.6 is 0 Å². The highest BCUT2D eigenvalue weighted by Crippen LogP contribution is 2.16. The number of amides is 1. The summed E-state index contributed by atoms with van der Waals surface area (Å²) in [6.07, 6.45) is 0.0313. The fraction of sp³-hybridized carbons (Fsp3) is 0.357. The molecule has 114 valence electrons. The molecule has 1 atom stereocenters. The summed E-state index contributed by atoms with van der Waals surface area (Å²) in [5.74, 6) is -2.79. The van der Waals surface area contributed by atoms with Gasteiger partial charge in [-0.2, -0.15) is 0 Å². The van der Waals surface area contributed by atoms with Gasteiger partial charge >= 0.3 is 11.9 Å². The molecule has 21 heavy (non-hydrogen) atoms. The Labute approximate surface area is 121 Å². The molecule has 7 nitrogen and oxygen atoms in total. The number of nitrogens with one attached hydrogen (secondary N) is 1. The number of aryl methyl sites for hydroxylation is 1. The topological polar surface area (TPSA) is 124 Å². The number of aliphatic carboxylic acids is 2. The van der Waals surface area contributed by atoms with Crippen molar-refractivity contribution in [2.75, 3.05) is 0 Å². The highest BCUT2D eigenvalue weighted by Gasteiger charge is 2.21. The second-order valence-electron chi connectivity index (χ2n) is 4.65. The monoisotopic (exact) mass is 295 g/mol. The van der Waals surface area contributed by atoms with Crippen molar-refractivity contribution in [1.82, 2.24) is 5.32 Å². The standard InChI is InChI=1S/C14H17NO6/c1-8-7-9(16)5-6-10(8)13(19)15-11(14(20)21)3-2-4-12(17)18/h5-7,11,16H,2-4H2,1H3,(H,15,19)(H,17,18)(H,20,21)/t11-/m1/s1. The molecular weight excluding hydrogens is 278 g/mol. The first-order valence-electron chi connectivity index (χ1n) is 6.36. The van der Waals surface area contributed by atoms with Crippen LogP contribution in [0.3, 0.4) is 0 Å². The van der Waals surface area contributed by atoms with Gasteiger partial charge in [-0.25, -0.2) is 4.79 Å². The van der Waals surface area contributed by atoms with E-state index in [-0.39, 0.29) is 30.6 Å². The molecule has 0 saturated carbocycles. The number of carboxylic acid groups (broad SMARTS) is 2. The van der Waals surface area contributed by atoms with Crippen LogP contribution in [-0.4, -0.2) is 39.2 Å². The van der Waals surface area contributed by atoms with E-state index in [4.69, 9.17) is 10.2 Å². The number of carbonyl (C=O) groups is 3. The lowest BCUT2D eigenvalue weighted by Crippen LogP contribution is -2.41. The molecule has 1 rings (SSSR count). The minimum atomic E-state index is -1.22. The van der Waals surface area contributed by atoms with Gasteiger partial charge in [-0.15, -0.1) is 0 Å². The van der Waals surface area contributed by atoms with Gasteiger partial charge in [0.25, 0.3) is 5.91 Å². The van der Waals surface area contributed by atoms with E-state index in [9.17, 15) is 19.5 Å². The third kappa shape index (κ3) is 5.13. The Morgan fingerprint density at radius 2 is 1.90 bits per heavy atom. The summed E-state index contributed by atoms with van der Waals surface area (Å²) in [6, 6.07) is 2.98. The van der Waals surface area contributed by atoms with Crippen molar-refractivity contribution in [3.8, 4) is 5.75 Å². The van der Waals surface area contributed by atoms with Gasteiger partial charge < -0.3 is 20.6 Å². The predicted molar refractivity (Wildman–Crippen MR) is 73.2 cm³/mol. The minimum Gasteiger partial charge on any atom is -0.508 e. The number of benzene rings is 1. The molecule has 0 aliphatic carbocycles. The van der Waals surface area contributed by atoms with Gasteiger partial charge in [-0.1, -0.05) is 0 Å². The van der Waals surface area contributed by atoms with E-state index in [0.717, 1.165) is 0 Å². The van der Waals surface area contributed by atoms with Crippen LogP contribution < -0.4 is 5.32 Å². The molecule has 0 aliphatic rings. The van der Waals surface area contributed by atoms with E-state index >= 15 is 0 Å². The molecule has 0 fully saturated rings. The molecule has 0 spiro atoms. The zero-order valence-corrected chi connectivity index (χ0v) is 11.5. The van der Waals surface area contributed by atoms with Gasteiger partial charge in [-0.05, 0) is 43.5 Å².